The maximum atomic E-state index is 10.2. The summed E-state index contributed by atoms with van der Waals surface area (Å²) in [6.45, 7) is 10.8. The number of methoxy groups -OCH3 is 2. The van der Waals surface area contributed by atoms with Crippen LogP contribution in [0.5, 0.6) is 11.5 Å². The fraction of sp³-hybridized carbons (Fsp3) is 0.515. The molecule has 2 fully saturated rings. The molecule has 42 heavy (non-hydrogen) atoms. The molecule has 232 valence electrons. The molecule has 4 N–H and O–H groups in total. The summed E-state index contributed by atoms with van der Waals surface area (Å²) < 4.78 is 11.3. The van der Waals surface area contributed by atoms with Crippen molar-refractivity contribution in [3.05, 3.63) is 87.1 Å². The highest BCUT2D eigenvalue weighted by atomic mass is 16.6. The molecule has 0 spiro atoms. The molecular formula is C33H50N4O5. The van der Waals surface area contributed by atoms with Crippen molar-refractivity contribution >= 4 is 5.69 Å². The molecule has 9 nitrogen and oxygen atoms in total. The molecule has 0 radical (unpaired) electrons. The number of nitrogens with two attached hydrogens (primary N) is 1. The fourth-order valence-corrected chi connectivity index (χ4v) is 4.91. The second-order valence-electron chi connectivity index (χ2n) is 10.3. The molecule has 1 atom stereocenters. The van der Waals surface area contributed by atoms with Crippen molar-refractivity contribution in [2.45, 2.75) is 71.4 Å². The van der Waals surface area contributed by atoms with Crippen LogP contribution in [0.15, 0.2) is 60.3 Å². The van der Waals surface area contributed by atoms with Crippen molar-refractivity contribution < 1.29 is 19.5 Å². The van der Waals surface area contributed by atoms with Gasteiger partial charge < -0.3 is 25.6 Å². The highest BCUT2D eigenvalue weighted by Gasteiger charge is 2.30. The van der Waals surface area contributed by atoms with Crippen LogP contribution in [0.3, 0.4) is 0 Å². The highest BCUT2D eigenvalue weighted by Crippen LogP contribution is 2.48. The Hall–Kier alpha value is -3.40. The number of likely N-dealkylation sites (tertiary alicyclic amines) is 1. The van der Waals surface area contributed by atoms with Gasteiger partial charge in [0.15, 0.2) is 11.5 Å². The Labute approximate surface area is 251 Å². The second-order valence-corrected chi connectivity index (χ2v) is 10.3. The van der Waals surface area contributed by atoms with Gasteiger partial charge in [-0.05, 0) is 94.1 Å². The summed E-state index contributed by atoms with van der Waals surface area (Å²) in [5.41, 5.74) is 10.8. The average molecular weight is 583 g/mol. The van der Waals surface area contributed by atoms with Crippen LogP contribution in [-0.2, 0) is 0 Å². The number of aliphatic hydroxyl groups is 1. The Morgan fingerprint density at radius 3 is 2.26 bits per heavy atom. The Morgan fingerprint density at radius 2 is 1.74 bits per heavy atom. The summed E-state index contributed by atoms with van der Waals surface area (Å²) in [7, 11) is 3.45. The third-order valence-corrected chi connectivity index (χ3v) is 7.21. The van der Waals surface area contributed by atoms with E-state index in [1.54, 1.807) is 46.3 Å². The summed E-state index contributed by atoms with van der Waals surface area (Å²) in [5.74, 6) is 2.33. The van der Waals surface area contributed by atoms with E-state index in [0.29, 0.717) is 17.5 Å². The number of nitro benzene ring substituents is 1. The largest absolute Gasteiger partial charge is 0.493 e. The number of aryl methyl sites for hydroxylation is 1. The minimum atomic E-state index is -0.380. The first-order valence-electron chi connectivity index (χ1n) is 15.0. The van der Waals surface area contributed by atoms with E-state index in [2.05, 4.69) is 40.7 Å². The predicted octanol–water partition coefficient (Wildman–Crippen LogP) is 6.02. The summed E-state index contributed by atoms with van der Waals surface area (Å²) >= 11 is 0. The number of rotatable bonds is 7. The van der Waals surface area contributed by atoms with E-state index in [1.165, 1.54) is 35.6 Å². The van der Waals surface area contributed by atoms with Gasteiger partial charge in [-0.15, -0.1) is 0 Å². The molecule has 0 aromatic heterocycles. The van der Waals surface area contributed by atoms with Crippen LogP contribution in [0.25, 0.3) is 0 Å². The number of benzene rings is 2. The number of hydrogen-bond acceptors (Lipinski definition) is 8. The number of ether oxygens (including phenoxy) is 2. The van der Waals surface area contributed by atoms with Crippen molar-refractivity contribution in [1.29, 1.82) is 0 Å². The standard InChI is InChI=1S/C22H31N3O2.C7H7NO2.C2H6O.C2H6/c1-26-21-13-17(12-19(16-3-4-16)22(21)27-2)20-11-15(5-8-24-20)14-25-9-6-18(23)7-10-25;1-6-4-2-3-5-7(6)8(9)10;1-2-3;1-2/h5,8,11-13,16,18,20,24H,3-4,6-7,9-10,14,23H2,1-2H3;2-5H,1H3;3H,2H2,1H3;1-2H3. The smallest absolute Gasteiger partial charge is 0.272 e. The first-order chi connectivity index (χ1) is 20.3. The van der Waals surface area contributed by atoms with Crippen LogP contribution in [-0.4, -0.2) is 61.4 Å². The van der Waals surface area contributed by atoms with Gasteiger partial charge >= 0.3 is 0 Å². The lowest BCUT2D eigenvalue weighted by molar-refractivity contribution is -0.385. The van der Waals surface area contributed by atoms with E-state index in [4.69, 9.17) is 20.3 Å². The molecule has 2 aliphatic heterocycles. The van der Waals surface area contributed by atoms with Gasteiger partial charge in [0.25, 0.3) is 5.69 Å². The third-order valence-electron chi connectivity index (χ3n) is 7.21. The number of piperidine rings is 1. The van der Waals surface area contributed by atoms with E-state index >= 15 is 0 Å². The molecule has 2 aromatic carbocycles. The molecule has 0 amide bonds. The van der Waals surface area contributed by atoms with Crippen molar-refractivity contribution in [3.8, 4) is 11.5 Å². The summed E-state index contributed by atoms with van der Waals surface area (Å²) in [6, 6.07) is 11.6. The van der Waals surface area contributed by atoms with E-state index in [0.717, 1.165) is 44.0 Å². The lowest BCUT2D eigenvalue weighted by Crippen LogP contribution is -2.40. The quantitative estimate of drug-likeness (QED) is 0.268. The number of hydrogen-bond donors (Lipinski definition) is 3. The normalized spacial score (nSPS) is 18.0. The maximum absolute atomic E-state index is 10.2. The Morgan fingerprint density at radius 1 is 1.10 bits per heavy atom. The van der Waals surface area contributed by atoms with Crippen molar-refractivity contribution in [1.82, 2.24) is 10.2 Å². The van der Waals surface area contributed by atoms with Gasteiger partial charge in [0, 0.05) is 36.4 Å². The van der Waals surface area contributed by atoms with Crippen LogP contribution in [0, 0.1) is 17.0 Å². The van der Waals surface area contributed by atoms with Crippen LogP contribution >= 0.6 is 0 Å². The number of nitro groups is 1. The first kappa shape index (κ1) is 34.8. The van der Waals surface area contributed by atoms with E-state index in [1.807, 2.05) is 13.8 Å². The maximum Gasteiger partial charge on any atom is 0.272 e. The predicted molar refractivity (Wildman–Crippen MR) is 170 cm³/mol. The van der Waals surface area contributed by atoms with Crippen molar-refractivity contribution in [2.24, 2.45) is 5.73 Å². The van der Waals surface area contributed by atoms with Crippen molar-refractivity contribution in [3.63, 3.8) is 0 Å². The van der Waals surface area contributed by atoms with Gasteiger partial charge in [0.1, 0.15) is 0 Å². The van der Waals surface area contributed by atoms with Crippen LogP contribution < -0.4 is 20.5 Å². The van der Waals surface area contributed by atoms with E-state index < -0.39 is 0 Å². The minimum Gasteiger partial charge on any atom is -0.493 e. The number of para-hydroxylation sites is 1. The van der Waals surface area contributed by atoms with Gasteiger partial charge in [-0.2, -0.15) is 0 Å². The molecule has 3 aliphatic rings. The van der Waals surface area contributed by atoms with Crippen LogP contribution in [0.4, 0.5) is 5.69 Å². The van der Waals surface area contributed by atoms with Crippen molar-refractivity contribution in [2.75, 3.05) is 40.5 Å². The molecule has 0 bridgehead atoms. The first-order valence-corrected chi connectivity index (χ1v) is 15.0. The number of nitrogens with one attached hydrogen (secondary N) is 1. The summed E-state index contributed by atoms with van der Waals surface area (Å²) in [4.78, 5) is 12.4. The van der Waals surface area contributed by atoms with Gasteiger partial charge in [-0.1, -0.05) is 38.1 Å². The van der Waals surface area contributed by atoms with Gasteiger partial charge in [0.2, 0.25) is 0 Å². The SMILES string of the molecule is CC.CCO.COc1cc(C2C=C(CN3CCC(N)CC3)C=CN2)cc(C2CC2)c1OC.Cc1ccccc1[N+](=O)[O-]. The van der Waals surface area contributed by atoms with Gasteiger partial charge in [0.05, 0.1) is 25.2 Å². The number of aliphatic hydroxyl groups excluding tert-OH is 1. The van der Waals surface area contributed by atoms with Crippen LogP contribution in [0.1, 0.15) is 75.1 Å². The van der Waals surface area contributed by atoms with Crippen LogP contribution in [0.2, 0.25) is 0 Å². The molecule has 5 rings (SSSR count). The monoisotopic (exact) mass is 582 g/mol. The fourth-order valence-electron chi connectivity index (χ4n) is 4.91. The molecule has 1 saturated heterocycles. The second kappa shape index (κ2) is 18.2. The summed E-state index contributed by atoms with van der Waals surface area (Å²) in [6.07, 6.45) is 11.3. The molecule has 1 aliphatic carbocycles. The Balaban J connectivity index is 0.000000342. The average Bonchev–Trinajstić information content (AvgIpc) is 3.85. The molecule has 9 heteroatoms. The number of dihydropyridines is 1. The summed E-state index contributed by atoms with van der Waals surface area (Å²) in [5, 5.41) is 21.3. The lowest BCUT2D eigenvalue weighted by atomic mass is 9.96. The third kappa shape index (κ3) is 10.5. The molecule has 2 aromatic rings. The van der Waals surface area contributed by atoms with Gasteiger partial charge in [-0.3, -0.25) is 15.0 Å². The highest BCUT2D eigenvalue weighted by molar-refractivity contribution is 5.54. The molecule has 1 saturated carbocycles. The molecule has 2 heterocycles. The van der Waals surface area contributed by atoms with E-state index in [-0.39, 0.29) is 23.3 Å². The zero-order chi connectivity index (χ0) is 31.1. The lowest BCUT2D eigenvalue weighted by Gasteiger charge is -2.31. The molecule has 1 unspecified atom stereocenters. The minimum absolute atomic E-state index is 0.161. The Bertz CT molecular complexity index is 1170. The van der Waals surface area contributed by atoms with E-state index in [9.17, 15) is 10.1 Å². The zero-order valence-corrected chi connectivity index (χ0v) is 26.1. The Kier molecular flexibility index (Phi) is 15.1. The number of nitrogens with zero attached hydrogens (tertiary/aromatic N) is 2. The topological polar surface area (TPSA) is 123 Å². The van der Waals surface area contributed by atoms with Gasteiger partial charge in [-0.25, -0.2) is 0 Å². The zero-order valence-electron chi connectivity index (χ0n) is 26.1. The molecular weight excluding hydrogens is 532 g/mol.